The van der Waals surface area contributed by atoms with E-state index in [1.54, 1.807) is 7.11 Å². The summed E-state index contributed by atoms with van der Waals surface area (Å²) in [6.07, 6.45) is 5.96. The van der Waals surface area contributed by atoms with Gasteiger partial charge in [0.15, 0.2) is 5.78 Å². The van der Waals surface area contributed by atoms with Gasteiger partial charge in [-0.1, -0.05) is 43.2 Å². The van der Waals surface area contributed by atoms with Crippen molar-refractivity contribution in [1.29, 1.82) is 0 Å². The topological polar surface area (TPSA) is 86.3 Å². The molecule has 1 atom stereocenters. The van der Waals surface area contributed by atoms with E-state index in [2.05, 4.69) is 47.2 Å². The molecule has 3 aliphatic heterocycles. The van der Waals surface area contributed by atoms with E-state index in [9.17, 15) is 22.8 Å². The van der Waals surface area contributed by atoms with Crippen molar-refractivity contribution < 1.29 is 27.5 Å². The van der Waals surface area contributed by atoms with Crippen LogP contribution in [0.4, 0.5) is 13.2 Å². The lowest BCUT2D eigenvalue weighted by Gasteiger charge is -2.43. The maximum Gasteiger partial charge on any atom is 0.416 e. The molecule has 8 nitrogen and oxygen atoms in total. The van der Waals surface area contributed by atoms with Crippen LogP contribution in [0.15, 0.2) is 63.3 Å². The monoisotopic (exact) mass is 605 g/mol. The number of ether oxygens (including phenoxy) is 1. The molecule has 2 fully saturated rings. The smallest absolute Gasteiger partial charge is 0.380 e. The molecule has 4 aliphatic rings. The van der Waals surface area contributed by atoms with Gasteiger partial charge in [-0.3, -0.25) is 9.59 Å². The second kappa shape index (κ2) is 16.0. The molecule has 0 bridgehead atoms. The summed E-state index contributed by atoms with van der Waals surface area (Å²) in [4.78, 5) is 27.0. The number of methoxy groups -OCH3 is 1. The van der Waals surface area contributed by atoms with Crippen LogP contribution in [0, 0.1) is 5.92 Å². The van der Waals surface area contributed by atoms with Crippen LogP contribution in [0.2, 0.25) is 0 Å². The number of amidine groups is 1. The fourth-order valence-corrected chi connectivity index (χ4v) is 5.30. The zero-order chi connectivity index (χ0) is 31.6. The van der Waals surface area contributed by atoms with Crippen LogP contribution < -0.4 is 10.7 Å². The number of Topliss-reactive ketones (excluding diaryl/α,β-unsaturated/α-hetero) is 1. The normalized spacial score (nSPS) is 26.2. The molecule has 0 spiro atoms. The van der Waals surface area contributed by atoms with E-state index in [1.165, 1.54) is 53.9 Å². The molecule has 0 aromatic rings. The molecule has 43 heavy (non-hydrogen) atoms. The van der Waals surface area contributed by atoms with Gasteiger partial charge in [-0.2, -0.15) is 18.3 Å². The van der Waals surface area contributed by atoms with Crippen LogP contribution in [0.3, 0.4) is 0 Å². The number of carbonyl (C=O) groups is 2. The molecule has 1 amide bonds. The van der Waals surface area contributed by atoms with E-state index >= 15 is 0 Å². The number of halogens is 3. The van der Waals surface area contributed by atoms with Crippen LogP contribution in [0.5, 0.6) is 0 Å². The van der Waals surface area contributed by atoms with Gasteiger partial charge in [-0.05, 0) is 62.3 Å². The number of fused-ring (bicyclic) bond motifs is 1. The highest BCUT2D eigenvalue weighted by molar-refractivity contribution is 5.94. The first kappa shape index (κ1) is 34.3. The van der Waals surface area contributed by atoms with E-state index in [0.29, 0.717) is 50.6 Å². The molecule has 1 unspecified atom stereocenters. The van der Waals surface area contributed by atoms with Crippen molar-refractivity contribution in [3.8, 4) is 0 Å². The molecule has 0 aromatic heterocycles. The molecular weight excluding hydrogens is 559 g/mol. The Bertz CT molecular complexity index is 1180. The lowest BCUT2D eigenvalue weighted by atomic mass is 9.83. The predicted octanol–water partition coefficient (Wildman–Crippen LogP) is 4.69. The van der Waals surface area contributed by atoms with E-state index in [0.717, 1.165) is 31.4 Å². The molecule has 238 valence electrons. The van der Waals surface area contributed by atoms with Gasteiger partial charge in [0.1, 0.15) is 11.9 Å². The number of nitrogens with one attached hydrogen (secondary N) is 2. The fourth-order valence-electron chi connectivity index (χ4n) is 5.30. The minimum absolute atomic E-state index is 0.118. The summed E-state index contributed by atoms with van der Waals surface area (Å²) in [5.74, 6) is 1.83. The maximum absolute atomic E-state index is 12.8. The van der Waals surface area contributed by atoms with Crippen LogP contribution in [-0.4, -0.2) is 93.0 Å². The van der Waals surface area contributed by atoms with Crippen molar-refractivity contribution in [1.82, 2.24) is 20.5 Å². The van der Waals surface area contributed by atoms with Crippen LogP contribution in [0.1, 0.15) is 52.9 Å². The second-order valence-corrected chi connectivity index (χ2v) is 11.5. The van der Waals surface area contributed by atoms with Gasteiger partial charge in [-0.15, -0.1) is 0 Å². The molecule has 11 heteroatoms. The van der Waals surface area contributed by atoms with E-state index < -0.39 is 11.7 Å². The number of ketones is 1. The summed E-state index contributed by atoms with van der Waals surface area (Å²) >= 11 is 0. The first-order chi connectivity index (χ1) is 20.5. The Morgan fingerprint density at radius 3 is 2.63 bits per heavy atom. The van der Waals surface area contributed by atoms with Gasteiger partial charge in [-0.25, -0.2) is 0 Å². The average Bonchev–Trinajstić information content (AvgIpc) is 3.00. The van der Waals surface area contributed by atoms with Crippen LogP contribution in [-0.2, 0) is 14.3 Å². The molecule has 0 aromatic carbocycles. The number of nitrogens with zero attached hydrogens (tertiary/aromatic N) is 3. The van der Waals surface area contributed by atoms with Crippen molar-refractivity contribution in [2.45, 2.75) is 65.1 Å². The number of alkyl halides is 3. The minimum atomic E-state index is -4.39. The summed E-state index contributed by atoms with van der Waals surface area (Å²) in [7, 11) is 1.74. The second-order valence-electron chi connectivity index (χ2n) is 11.5. The van der Waals surface area contributed by atoms with Crippen molar-refractivity contribution in [3.63, 3.8) is 0 Å². The molecule has 4 rings (SSSR count). The average molecular weight is 606 g/mol. The van der Waals surface area contributed by atoms with Gasteiger partial charge in [0, 0.05) is 39.2 Å². The third-order valence-electron chi connectivity index (χ3n) is 8.35. The molecular formula is C32H46F3N5O3. The molecule has 0 radical (unpaired) electrons. The number of rotatable bonds is 6. The highest BCUT2D eigenvalue weighted by atomic mass is 19.4. The van der Waals surface area contributed by atoms with Gasteiger partial charge in [0.05, 0.1) is 25.3 Å². The zero-order valence-corrected chi connectivity index (χ0v) is 25.9. The Balaban J connectivity index is 0.000000259. The largest absolute Gasteiger partial charge is 0.416 e. The van der Waals surface area contributed by atoms with Crippen molar-refractivity contribution in [2.24, 2.45) is 11.0 Å². The maximum atomic E-state index is 12.8. The molecule has 2 N–H and O–H groups in total. The lowest BCUT2D eigenvalue weighted by molar-refractivity contribution is -0.122. The summed E-state index contributed by atoms with van der Waals surface area (Å²) in [6, 6.07) is -0.124. The first-order valence-corrected chi connectivity index (χ1v) is 15.0. The Labute approximate surface area is 253 Å². The highest BCUT2D eigenvalue weighted by Gasteiger charge is 2.38. The summed E-state index contributed by atoms with van der Waals surface area (Å²) in [5, 5.41) is 7.92. The van der Waals surface area contributed by atoms with Gasteiger partial charge in [0.2, 0.25) is 6.41 Å². The van der Waals surface area contributed by atoms with E-state index in [1.807, 2.05) is 0 Å². The van der Waals surface area contributed by atoms with Crippen molar-refractivity contribution >= 4 is 18.0 Å². The minimum Gasteiger partial charge on any atom is -0.380 e. The molecule has 1 aliphatic carbocycles. The van der Waals surface area contributed by atoms with Crippen molar-refractivity contribution in [3.05, 3.63) is 58.2 Å². The summed E-state index contributed by atoms with van der Waals surface area (Å²) < 4.78 is 43.7. The van der Waals surface area contributed by atoms with E-state index in [4.69, 9.17) is 4.74 Å². The number of hydrogen-bond donors (Lipinski definition) is 2. The fraction of sp³-hybridized carbons (Fsp3) is 0.594. The lowest BCUT2D eigenvalue weighted by Crippen LogP contribution is -2.59. The predicted molar refractivity (Wildman–Crippen MR) is 163 cm³/mol. The molecule has 1 saturated carbocycles. The van der Waals surface area contributed by atoms with Crippen LogP contribution in [0.25, 0.3) is 0 Å². The standard InChI is InChI=1S/C20H32N4O2.C12H14F3NO/c1-4-14(2)17(13-26-3)8-15-9-21-11-19(25)18-10-22-23-20(24(18)12-15)16-6-5-7-16;1-9-3-5-16(8-17)6-4-10(2)11(7-9)12(13,14)15/h8,16,18,21-22H,4-7,9-13H2,1-3H3;4,7-8H,1,3,5-6H2,2H3/b15-8+,17-14+;10-4-,11-7+. The van der Waals surface area contributed by atoms with Crippen molar-refractivity contribution in [2.75, 3.05) is 53.0 Å². The SMILES string of the molecule is C=C1/C=C(C(F)(F)F)\C(C)=C/CN(C=O)CC1.CC/C(C)=C(\C=C1/CNCC(=O)C2CNN=C(C3CCC3)N2C1)COC. The van der Waals surface area contributed by atoms with Gasteiger partial charge in [0.25, 0.3) is 0 Å². The molecule has 1 saturated heterocycles. The summed E-state index contributed by atoms with van der Waals surface area (Å²) in [6.45, 7) is 13.0. The quantitative estimate of drug-likeness (QED) is 0.428. The first-order valence-electron chi connectivity index (χ1n) is 15.0. The summed E-state index contributed by atoms with van der Waals surface area (Å²) in [5.41, 5.74) is 6.80. The highest BCUT2D eigenvalue weighted by Crippen LogP contribution is 2.33. The Hall–Kier alpha value is -3.18. The Kier molecular flexibility index (Phi) is 12.8. The third-order valence-corrected chi connectivity index (χ3v) is 8.35. The van der Waals surface area contributed by atoms with Gasteiger partial charge >= 0.3 is 6.18 Å². The number of hydrogen-bond acceptors (Lipinski definition) is 7. The van der Waals surface area contributed by atoms with E-state index in [-0.39, 0.29) is 23.9 Å². The Morgan fingerprint density at radius 2 is 2.02 bits per heavy atom. The number of hydrazone groups is 1. The number of allylic oxidation sites excluding steroid dienone is 4. The molecule has 3 heterocycles. The zero-order valence-electron chi connectivity index (χ0n) is 25.9. The van der Waals surface area contributed by atoms with Gasteiger partial charge < -0.3 is 25.3 Å². The van der Waals surface area contributed by atoms with Crippen LogP contribution >= 0.6 is 0 Å². The number of carbonyl (C=O) groups excluding carboxylic acids is 2. The third kappa shape index (κ3) is 9.66. The number of amides is 1. The Morgan fingerprint density at radius 1 is 1.28 bits per heavy atom.